The number of hydrogen-bond acceptors (Lipinski definition) is 10. The fourth-order valence-electron chi connectivity index (χ4n) is 2.54. The molecule has 0 bridgehead atoms. The van der Waals surface area contributed by atoms with Crippen molar-refractivity contribution in [2.24, 2.45) is 0 Å². The Morgan fingerprint density at radius 3 is 2.05 bits per heavy atom. The minimum Gasteiger partial charge on any atom is -0.394 e. The lowest BCUT2D eigenvalue weighted by molar-refractivity contribution is -0.351. The molecule has 10 atom stereocenters. The van der Waals surface area contributed by atoms with E-state index < -0.39 is 68.0 Å². The molecule has 0 aromatic carbocycles. The van der Waals surface area contributed by atoms with Crippen molar-refractivity contribution in [2.75, 3.05) is 6.61 Å². The van der Waals surface area contributed by atoms with Gasteiger partial charge in [0, 0.05) is 0 Å². The SMILES string of the molecule is C[C@@H]1O[C@@H](O)[C@H](O)[C@H](O)[C@H]1O[C@@H]1O[C@H](CO)[C@@H](O)[C@H](O)[C@@H]1O. The van der Waals surface area contributed by atoms with Crippen LogP contribution >= 0.6 is 0 Å². The Balaban J connectivity index is 2.08. The zero-order chi connectivity index (χ0) is 16.6. The van der Waals surface area contributed by atoms with E-state index in [0.717, 1.165) is 0 Å². The molecule has 0 saturated carbocycles. The van der Waals surface area contributed by atoms with Crippen molar-refractivity contribution >= 4 is 0 Å². The maximum Gasteiger partial charge on any atom is 0.187 e. The zero-order valence-electron chi connectivity index (χ0n) is 11.8. The molecule has 0 aromatic heterocycles. The first-order valence-corrected chi connectivity index (χ1v) is 6.93. The second-order valence-corrected chi connectivity index (χ2v) is 5.51. The highest BCUT2D eigenvalue weighted by Crippen LogP contribution is 2.28. The summed E-state index contributed by atoms with van der Waals surface area (Å²) in [5, 5.41) is 67.2. The van der Waals surface area contributed by atoms with Crippen LogP contribution < -0.4 is 0 Å². The molecule has 0 unspecified atom stereocenters. The first kappa shape index (κ1) is 17.9. The van der Waals surface area contributed by atoms with E-state index in [4.69, 9.17) is 19.3 Å². The summed E-state index contributed by atoms with van der Waals surface area (Å²) in [5.74, 6) is 0. The monoisotopic (exact) mass is 326 g/mol. The molecule has 10 heteroatoms. The van der Waals surface area contributed by atoms with Crippen LogP contribution in [-0.2, 0) is 14.2 Å². The standard InChI is InChI=1S/C12H22O10/c1-3-10(7(16)8(17)11(19)20-3)22-12-9(18)6(15)5(14)4(2-13)21-12/h3-19H,2H2,1H3/t3-,4+,5+,6-,7-,8+,9-,10-,11+,12-/m0/s1. The highest BCUT2D eigenvalue weighted by atomic mass is 16.7. The number of hydrogen-bond donors (Lipinski definition) is 7. The van der Waals surface area contributed by atoms with E-state index in [1.165, 1.54) is 6.92 Å². The molecule has 2 aliphatic rings. The molecule has 0 spiro atoms. The van der Waals surface area contributed by atoms with Gasteiger partial charge in [0.15, 0.2) is 12.6 Å². The summed E-state index contributed by atoms with van der Waals surface area (Å²) in [5.41, 5.74) is 0. The molecule has 0 aliphatic carbocycles. The Kier molecular flexibility index (Phi) is 5.72. The number of aliphatic hydroxyl groups excluding tert-OH is 7. The molecule has 2 heterocycles. The normalized spacial score (nSPS) is 53.5. The van der Waals surface area contributed by atoms with E-state index in [1.807, 2.05) is 0 Å². The van der Waals surface area contributed by atoms with Crippen LogP contribution in [0.2, 0.25) is 0 Å². The summed E-state index contributed by atoms with van der Waals surface area (Å²) in [6, 6.07) is 0. The maximum atomic E-state index is 9.92. The predicted molar refractivity (Wildman–Crippen MR) is 67.2 cm³/mol. The molecule has 130 valence electrons. The first-order valence-electron chi connectivity index (χ1n) is 6.93. The number of rotatable bonds is 3. The second kappa shape index (κ2) is 7.01. The summed E-state index contributed by atoms with van der Waals surface area (Å²) >= 11 is 0. The van der Waals surface area contributed by atoms with Gasteiger partial charge in [0.05, 0.1) is 12.7 Å². The van der Waals surface area contributed by atoms with Gasteiger partial charge in [-0.2, -0.15) is 0 Å². The van der Waals surface area contributed by atoms with Crippen LogP contribution in [0, 0.1) is 0 Å². The summed E-state index contributed by atoms with van der Waals surface area (Å²) < 4.78 is 15.5. The van der Waals surface area contributed by atoms with Gasteiger partial charge in [0.2, 0.25) is 0 Å². The molecule has 0 amide bonds. The molecule has 7 N–H and O–H groups in total. The molecule has 2 rings (SSSR count). The van der Waals surface area contributed by atoms with E-state index in [-0.39, 0.29) is 0 Å². The van der Waals surface area contributed by atoms with Crippen LogP contribution in [0.5, 0.6) is 0 Å². The summed E-state index contributed by atoms with van der Waals surface area (Å²) in [7, 11) is 0. The minimum atomic E-state index is -1.64. The Morgan fingerprint density at radius 1 is 0.818 bits per heavy atom. The van der Waals surface area contributed by atoms with Crippen molar-refractivity contribution in [1.82, 2.24) is 0 Å². The lowest BCUT2D eigenvalue weighted by Crippen LogP contribution is -2.63. The van der Waals surface area contributed by atoms with Crippen LogP contribution in [0.15, 0.2) is 0 Å². The average Bonchev–Trinajstić information content (AvgIpc) is 2.49. The third kappa shape index (κ3) is 3.26. The maximum absolute atomic E-state index is 9.92. The van der Waals surface area contributed by atoms with Crippen LogP contribution in [0.4, 0.5) is 0 Å². The van der Waals surface area contributed by atoms with Gasteiger partial charge in [0.1, 0.15) is 42.7 Å². The van der Waals surface area contributed by atoms with Gasteiger partial charge in [-0.25, -0.2) is 0 Å². The largest absolute Gasteiger partial charge is 0.394 e. The zero-order valence-corrected chi connectivity index (χ0v) is 11.8. The Hall–Kier alpha value is -0.400. The van der Waals surface area contributed by atoms with Crippen molar-refractivity contribution in [3.63, 3.8) is 0 Å². The van der Waals surface area contributed by atoms with Crippen LogP contribution in [0.3, 0.4) is 0 Å². The van der Waals surface area contributed by atoms with Crippen molar-refractivity contribution in [3.8, 4) is 0 Å². The van der Waals surface area contributed by atoms with Gasteiger partial charge in [-0.3, -0.25) is 0 Å². The van der Waals surface area contributed by atoms with E-state index >= 15 is 0 Å². The van der Waals surface area contributed by atoms with Crippen LogP contribution in [0.25, 0.3) is 0 Å². The molecule has 10 nitrogen and oxygen atoms in total. The van der Waals surface area contributed by atoms with Crippen LogP contribution in [-0.4, -0.2) is 104 Å². The van der Waals surface area contributed by atoms with Crippen LogP contribution in [0.1, 0.15) is 6.92 Å². The van der Waals surface area contributed by atoms with E-state index in [0.29, 0.717) is 0 Å². The molecule has 2 aliphatic heterocycles. The van der Waals surface area contributed by atoms with Crippen molar-refractivity contribution in [1.29, 1.82) is 0 Å². The van der Waals surface area contributed by atoms with E-state index in [2.05, 4.69) is 0 Å². The molecule has 2 fully saturated rings. The Bertz CT molecular complexity index is 366. The fourth-order valence-corrected chi connectivity index (χ4v) is 2.54. The summed E-state index contributed by atoms with van der Waals surface area (Å²) in [4.78, 5) is 0. The third-order valence-electron chi connectivity index (χ3n) is 3.94. The molecule has 22 heavy (non-hydrogen) atoms. The predicted octanol–water partition coefficient (Wildman–Crippen LogP) is -4.37. The van der Waals surface area contributed by atoms with Gasteiger partial charge in [-0.15, -0.1) is 0 Å². The number of aliphatic hydroxyl groups is 7. The highest BCUT2D eigenvalue weighted by molar-refractivity contribution is 4.92. The van der Waals surface area contributed by atoms with Gasteiger partial charge in [-0.1, -0.05) is 0 Å². The molecular weight excluding hydrogens is 304 g/mol. The molecule has 0 radical (unpaired) electrons. The second-order valence-electron chi connectivity index (χ2n) is 5.51. The van der Waals surface area contributed by atoms with Crippen molar-refractivity contribution in [3.05, 3.63) is 0 Å². The lowest BCUT2D eigenvalue weighted by atomic mass is 9.97. The topological polar surface area (TPSA) is 169 Å². The Labute approximate surface area is 126 Å². The van der Waals surface area contributed by atoms with Gasteiger partial charge < -0.3 is 50.0 Å². The lowest BCUT2D eigenvalue weighted by Gasteiger charge is -2.44. The highest BCUT2D eigenvalue weighted by Gasteiger charge is 2.49. The molecular formula is C12H22O10. The van der Waals surface area contributed by atoms with E-state index in [1.54, 1.807) is 0 Å². The first-order chi connectivity index (χ1) is 10.3. The average molecular weight is 326 g/mol. The molecule has 2 saturated heterocycles. The quantitative estimate of drug-likeness (QED) is 0.269. The third-order valence-corrected chi connectivity index (χ3v) is 3.94. The van der Waals surface area contributed by atoms with Gasteiger partial charge in [0.25, 0.3) is 0 Å². The van der Waals surface area contributed by atoms with E-state index in [9.17, 15) is 30.6 Å². The fraction of sp³-hybridized carbons (Fsp3) is 1.00. The summed E-state index contributed by atoms with van der Waals surface area (Å²) in [6.45, 7) is 0.846. The molecule has 0 aromatic rings. The van der Waals surface area contributed by atoms with Gasteiger partial charge >= 0.3 is 0 Å². The van der Waals surface area contributed by atoms with Crippen molar-refractivity contribution < 1.29 is 50.0 Å². The summed E-state index contributed by atoms with van der Waals surface area (Å²) in [6.07, 6.45) is -14.2. The Morgan fingerprint density at radius 2 is 1.45 bits per heavy atom. The number of ether oxygens (including phenoxy) is 3. The minimum absolute atomic E-state index is 0.620. The van der Waals surface area contributed by atoms with Gasteiger partial charge in [-0.05, 0) is 6.92 Å². The van der Waals surface area contributed by atoms with Crippen molar-refractivity contribution in [2.45, 2.75) is 68.3 Å². The smallest absolute Gasteiger partial charge is 0.187 e.